The van der Waals surface area contributed by atoms with Crippen molar-refractivity contribution in [1.82, 2.24) is 14.9 Å². The predicted octanol–water partition coefficient (Wildman–Crippen LogP) is 3.32. The number of amides is 1. The molecule has 1 fully saturated rings. The van der Waals surface area contributed by atoms with Gasteiger partial charge in [-0.25, -0.2) is 14.4 Å². The highest BCUT2D eigenvalue weighted by Crippen LogP contribution is 2.22. The number of piperidine rings is 1. The van der Waals surface area contributed by atoms with Crippen molar-refractivity contribution in [2.45, 2.75) is 25.8 Å². The van der Waals surface area contributed by atoms with Gasteiger partial charge in [0.25, 0.3) is 5.91 Å². The smallest absolute Gasteiger partial charge is 0.254 e. The molecule has 1 aromatic heterocycles. The molecule has 2 aromatic rings. The molecule has 1 unspecified atom stereocenters. The first-order valence-corrected chi connectivity index (χ1v) is 8.58. The second kappa shape index (κ2) is 7.35. The SMILES string of the molecule is Cc1cnc(N(C)C2CCCN(C(=O)c3cc(F)cc(Cl)c3)C2)nc1. The monoisotopic (exact) mass is 362 g/mol. The summed E-state index contributed by atoms with van der Waals surface area (Å²) in [5, 5.41) is 0.224. The average molecular weight is 363 g/mol. The quantitative estimate of drug-likeness (QED) is 0.840. The number of likely N-dealkylation sites (tertiary alicyclic amines) is 1. The molecule has 1 saturated heterocycles. The summed E-state index contributed by atoms with van der Waals surface area (Å²) in [5.41, 5.74) is 1.28. The summed E-state index contributed by atoms with van der Waals surface area (Å²) in [6, 6.07) is 4.04. The van der Waals surface area contributed by atoms with Gasteiger partial charge in [-0.2, -0.15) is 0 Å². The van der Waals surface area contributed by atoms with E-state index >= 15 is 0 Å². The van der Waals surface area contributed by atoms with Crippen LogP contribution in [0.4, 0.5) is 10.3 Å². The van der Waals surface area contributed by atoms with Crippen LogP contribution in [0.3, 0.4) is 0 Å². The Labute approximate surface area is 151 Å². The molecule has 1 aromatic carbocycles. The molecule has 7 heteroatoms. The lowest BCUT2D eigenvalue weighted by Gasteiger charge is -2.37. The van der Waals surface area contributed by atoms with Gasteiger partial charge in [0.1, 0.15) is 5.82 Å². The van der Waals surface area contributed by atoms with E-state index < -0.39 is 5.82 Å². The van der Waals surface area contributed by atoms with Gasteiger partial charge >= 0.3 is 0 Å². The summed E-state index contributed by atoms with van der Waals surface area (Å²) >= 11 is 5.87. The molecule has 1 atom stereocenters. The molecular formula is C18H20ClFN4O. The van der Waals surface area contributed by atoms with E-state index in [1.807, 2.05) is 18.9 Å². The maximum atomic E-state index is 13.5. The molecular weight excluding hydrogens is 343 g/mol. The van der Waals surface area contributed by atoms with Crippen LogP contribution in [-0.4, -0.2) is 47.0 Å². The van der Waals surface area contributed by atoms with Gasteiger partial charge in [0.2, 0.25) is 5.95 Å². The number of aromatic nitrogens is 2. The third kappa shape index (κ3) is 4.07. The molecule has 25 heavy (non-hydrogen) atoms. The number of halogens is 2. The molecule has 0 N–H and O–H groups in total. The first-order chi connectivity index (χ1) is 11.9. The van der Waals surface area contributed by atoms with Crippen molar-refractivity contribution >= 4 is 23.5 Å². The Morgan fingerprint density at radius 1 is 1.32 bits per heavy atom. The number of hydrogen-bond acceptors (Lipinski definition) is 4. The molecule has 5 nitrogen and oxygen atoms in total. The molecule has 0 saturated carbocycles. The number of hydrogen-bond donors (Lipinski definition) is 0. The van der Waals surface area contributed by atoms with E-state index in [9.17, 15) is 9.18 Å². The Bertz CT molecular complexity index is 748. The van der Waals surface area contributed by atoms with Crippen LogP contribution in [-0.2, 0) is 0 Å². The lowest BCUT2D eigenvalue weighted by atomic mass is 10.0. The number of benzene rings is 1. The fourth-order valence-electron chi connectivity index (χ4n) is 3.05. The number of likely N-dealkylation sites (N-methyl/N-ethyl adjacent to an activating group) is 1. The Hall–Kier alpha value is -2.21. The lowest BCUT2D eigenvalue weighted by molar-refractivity contribution is 0.0706. The Morgan fingerprint density at radius 3 is 2.72 bits per heavy atom. The average Bonchev–Trinajstić information content (AvgIpc) is 2.60. The van der Waals surface area contributed by atoms with E-state index in [1.54, 1.807) is 17.3 Å². The zero-order valence-corrected chi connectivity index (χ0v) is 15.0. The molecule has 132 valence electrons. The van der Waals surface area contributed by atoms with E-state index in [4.69, 9.17) is 11.6 Å². The highest BCUT2D eigenvalue weighted by molar-refractivity contribution is 6.31. The normalized spacial score (nSPS) is 17.4. The van der Waals surface area contributed by atoms with Gasteiger partial charge < -0.3 is 9.80 Å². The highest BCUT2D eigenvalue weighted by Gasteiger charge is 2.28. The molecule has 0 aliphatic carbocycles. The number of anilines is 1. The maximum absolute atomic E-state index is 13.5. The maximum Gasteiger partial charge on any atom is 0.254 e. The summed E-state index contributed by atoms with van der Waals surface area (Å²) in [6.07, 6.45) is 5.37. The number of nitrogens with zero attached hydrogens (tertiary/aromatic N) is 4. The first kappa shape index (κ1) is 17.6. The predicted molar refractivity (Wildman–Crippen MR) is 95.5 cm³/mol. The minimum absolute atomic E-state index is 0.115. The Balaban J connectivity index is 1.74. The van der Waals surface area contributed by atoms with Crippen molar-refractivity contribution in [3.63, 3.8) is 0 Å². The van der Waals surface area contributed by atoms with Crippen LogP contribution >= 0.6 is 11.6 Å². The molecule has 0 spiro atoms. The standard InChI is InChI=1S/C18H20ClFN4O/c1-12-9-21-18(22-10-12)23(2)16-4-3-5-24(11-16)17(25)13-6-14(19)8-15(20)7-13/h6-10,16H,3-5,11H2,1-2H3. The van der Waals surface area contributed by atoms with E-state index in [0.717, 1.165) is 18.4 Å². The Kier molecular flexibility index (Phi) is 5.18. The van der Waals surface area contributed by atoms with Gasteiger partial charge in [-0.3, -0.25) is 4.79 Å². The molecule has 3 rings (SSSR count). The minimum atomic E-state index is -0.505. The van der Waals surface area contributed by atoms with Gasteiger partial charge in [-0.05, 0) is 43.5 Å². The van der Waals surface area contributed by atoms with Crippen LogP contribution in [0.5, 0.6) is 0 Å². The molecule has 2 heterocycles. The van der Waals surface area contributed by atoms with Crippen molar-refractivity contribution in [2.75, 3.05) is 25.0 Å². The van der Waals surface area contributed by atoms with Crippen molar-refractivity contribution in [3.05, 3.63) is 52.6 Å². The topological polar surface area (TPSA) is 49.3 Å². The lowest BCUT2D eigenvalue weighted by Crippen LogP contribution is -2.49. The summed E-state index contributed by atoms with van der Waals surface area (Å²) in [6.45, 7) is 3.13. The largest absolute Gasteiger partial charge is 0.339 e. The molecule has 0 radical (unpaired) electrons. The second-order valence-corrected chi connectivity index (χ2v) is 6.81. The number of carbonyl (C=O) groups is 1. The molecule has 1 amide bonds. The summed E-state index contributed by atoms with van der Waals surface area (Å²) in [4.78, 5) is 25.1. The van der Waals surface area contributed by atoms with Gasteiger partial charge in [0.05, 0.1) is 0 Å². The van der Waals surface area contributed by atoms with Crippen LogP contribution < -0.4 is 4.90 Å². The van der Waals surface area contributed by atoms with Crippen LogP contribution in [0.2, 0.25) is 5.02 Å². The molecule has 1 aliphatic heterocycles. The Morgan fingerprint density at radius 2 is 2.04 bits per heavy atom. The highest BCUT2D eigenvalue weighted by atomic mass is 35.5. The first-order valence-electron chi connectivity index (χ1n) is 8.21. The van der Waals surface area contributed by atoms with Crippen molar-refractivity contribution in [3.8, 4) is 0 Å². The van der Waals surface area contributed by atoms with Gasteiger partial charge in [-0.1, -0.05) is 11.6 Å². The van der Waals surface area contributed by atoms with Crippen molar-refractivity contribution in [1.29, 1.82) is 0 Å². The molecule has 1 aliphatic rings. The summed E-state index contributed by atoms with van der Waals surface area (Å²) in [7, 11) is 1.93. The number of carbonyl (C=O) groups excluding carboxylic acids is 1. The minimum Gasteiger partial charge on any atom is -0.339 e. The van der Waals surface area contributed by atoms with Gasteiger partial charge in [-0.15, -0.1) is 0 Å². The fraction of sp³-hybridized carbons (Fsp3) is 0.389. The van der Waals surface area contributed by atoms with Crippen LogP contribution in [0.15, 0.2) is 30.6 Å². The van der Waals surface area contributed by atoms with Gasteiger partial charge in [0.15, 0.2) is 0 Å². The second-order valence-electron chi connectivity index (χ2n) is 6.38. The number of rotatable bonds is 3. The van der Waals surface area contributed by atoms with E-state index in [0.29, 0.717) is 19.0 Å². The van der Waals surface area contributed by atoms with Crippen molar-refractivity contribution < 1.29 is 9.18 Å². The van der Waals surface area contributed by atoms with Crippen LogP contribution in [0.25, 0.3) is 0 Å². The third-order valence-electron chi connectivity index (χ3n) is 4.42. The summed E-state index contributed by atoms with van der Waals surface area (Å²) in [5.74, 6) is -0.0717. The van der Waals surface area contributed by atoms with Crippen molar-refractivity contribution in [2.24, 2.45) is 0 Å². The van der Waals surface area contributed by atoms with E-state index in [-0.39, 0.29) is 22.5 Å². The van der Waals surface area contributed by atoms with E-state index in [2.05, 4.69) is 9.97 Å². The zero-order chi connectivity index (χ0) is 18.0. The number of aryl methyl sites for hydroxylation is 1. The van der Waals surface area contributed by atoms with Crippen LogP contribution in [0, 0.1) is 12.7 Å². The zero-order valence-electron chi connectivity index (χ0n) is 14.2. The van der Waals surface area contributed by atoms with Crippen LogP contribution in [0.1, 0.15) is 28.8 Å². The van der Waals surface area contributed by atoms with Gasteiger partial charge in [0, 0.05) is 49.2 Å². The molecule has 0 bridgehead atoms. The van der Waals surface area contributed by atoms with E-state index in [1.165, 1.54) is 18.2 Å². The third-order valence-corrected chi connectivity index (χ3v) is 4.64. The fourth-order valence-corrected chi connectivity index (χ4v) is 3.27. The summed E-state index contributed by atoms with van der Waals surface area (Å²) < 4.78 is 13.5.